The van der Waals surface area contributed by atoms with E-state index in [1.54, 1.807) is 11.8 Å². The minimum Gasteiger partial charge on any atom is -0.330 e. The molecule has 2 N–H and O–H groups in total. The van der Waals surface area contributed by atoms with Gasteiger partial charge in [-0.3, -0.25) is 0 Å². The monoisotopic (exact) mass is 277 g/mol. The molecule has 2 aromatic rings. The molecule has 0 heterocycles. The van der Waals surface area contributed by atoms with Crippen molar-refractivity contribution in [3.05, 3.63) is 58.6 Å². The summed E-state index contributed by atoms with van der Waals surface area (Å²) in [6.07, 6.45) is 0.813. The molecule has 0 saturated heterocycles. The van der Waals surface area contributed by atoms with E-state index in [1.165, 1.54) is 15.4 Å². The second kappa shape index (κ2) is 6.28. The Morgan fingerprint density at radius 2 is 1.83 bits per heavy atom. The Balaban J connectivity index is 2.28. The van der Waals surface area contributed by atoms with Crippen molar-refractivity contribution in [3.63, 3.8) is 0 Å². The van der Waals surface area contributed by atoms with Gasteiger partial charge in [-0.15, -0.1) is 0 Å². The van der Waals surface area contributed by atoms with E-state index >= 15 is 0 Å². The van der Waals surface area contributed by atoms with E-state index in [9.17, 15) is 0 Å². The summed E-state index contributed by atoms with van der Waals surface area (Å²) in [7, 11) is 0. The molecule has 0 amide bonds. The van der Waals surface area contributed by atoms with E-state index < -0.39 is 0 Å². The minimum atomic E-state index is 0.616. The molecular formula is C15H16ClNS. The summed E-state index contributed by atoms with van der Waals surface area (Å²) < 4.78 is 0. The quantitative estimate of drug-likeness (QED) is 0.902. The largest absolute Gasteiger partial charge is 0.330 e. The molecule has 0 bridgehead atoms. The van der Waals surface area contributed by atoms with Crippen LogP contribution in [0.4, 0.5) is 0 Å². The first-order chi connectivity index (χ1) is 8.70. The molecule has 3 heteroatoms. The highest BCUT2D eigenvalue weighted by atomic mass is 35.5. The van der Waals surface area contributed by atoms with Crippen LogP contribution in [0.1, 0.15) is 11.1 Å². The van der Waals surface area contributed by atoms with Crippen molar-refractivity contribution in [1.82, 2.24) is 0 Å². The maximum atomic E-state index is 6.23. The molecule has 2 aromatic carbocycles. The molecule has 0 radical (unpaired) electrons. The number of benzene rings is 2. The zero-order valence-corrected chi connectivity index (χ0v) is 11.9. The summed E-state index contributed by atoms with van der Waals surface area (Å²) in [5, 5.41) is 0.803. The molecule has 0 aliphatic heterocycles. The number of nitrogens with two attached hydrogens (primary N) is 1. The zero-order chi connectivity index (χ0) is 13.0. The third-order valence-electron chi connectivity index (χ3n) is 2.72. The van der Waals surface area contributed by atoms with Crippen LogP contribution in [0.2, 0.25) is 5.02 Å². The average Bonchev–Trinajstić information content (AvgIpc) is 2.36. The van der Waals surface area contributed by atoms with Gasteiger partial charge in [0.1, 0.15) is 0 Å². The molecule has 0 fully saturated rings. The molecule has 0 saturated carbocycles. The van der Waals surface area contributed by atoms with E-state index in [1.807, 2.05) is 12.1 Å². The highest BCUT2D eigenvalue weighted by molar-refractivity contribution is 7.99. The Kier molecular flexibility index (Phi) is 4.70. The smallest absolute Gasteiger partial charge is 0.0449 e. The summed E-state index contributed by atoms with van der Waals surface area (Å²) >= 11 is 7.97. The van der Waals surface area contributed by atoms with E-state index in [0.717, 1.165) is 17.0 Å². The first-order valence-electron chi connectivity index (χ1n) is 5.92. The topological polar surface area (TPSA) is 26.0 Å². The van der Waals surface area contributed by atoms with Crippen LogP contribution in [-0.4, -0.2) is 6.54 Å². The van der Waals surface area contributed by atoms with Crippen LogP contribution in [0.3, 0.4) is 0 Å². The maximum absolute atomic E-state index is 6.23. The molecule has 0 atom stereocenters. The van der Waals surface area contributed by atoms with E-state index in [2.05, 4.69) is 37.3 Å². The Hall–Kier alpha value is -0.960. The Labute approximate surface area is 117 Å². The van der Waals surface area contributed by atoms with Crippen LogP contribution in [0.25, 0.3) is 0 Å². The number of halogens is 1. The number of hydrogen-bond donors (Lipinski definition) is 1. The van der Waals surface area contributed by atoms with Crippen LogP contribution in [0.15, 0.2) is 52.3 Å². The molecule has 0 aliphatic rings. The van der Waals surface area contributed by atoms with Crippen molar-refractivity contribution in [2.75, 3.05) is 6.54 Å². The predicted molar refractivity (Wildman–Crippen MR) is 79.5 cm³/mol. The van der Waals surface area contributed by atoms with Gasteiger partial charge < -0.3 is 5.73 Å². The molecular weight excluding hydrogens is 262 g/mol. The summed E-state index contributed by atoms with van der Waals surface area (Å²) in [5.74, 6) is 0. The van der Waals surface area contributed by atoms with Gasteiger partial charge in [-0.25, -0.2) is 0 Å². The number of hydrogen-bond acceptors (Lipinski definition) is 2. The fraction of sp³-hybridized carbons (Fsp3) is 0.200. The normalized spacial score (nSPS) is 10.6. The second-order valence-electron chi connectivity index (χ2n) is 4.17. The molecule has 1 nitrogen and oxygen atoms in total. The van der Waals surface area contributed by atoms with Crippen LogP contribution in [0, 0.1) is 6.92 Å². The summed E-state index contributed by atoms with van der Waals surface area (Å²) in [4.78, 5) is 2.41. The van der Waals surface area contributed by atoms with E-state index in [0.29, 0.717) is 6.54 Å². The lowest BCUT2D eigenvalue weighted by molar-refractivity contribution is 0.944. The van der Waals surface area contributed by atoms with Gasteiger partial charge in [-0.05, 0) is 49.7 Å². The lowest BCUT2D eigenvalue weighted by Gasteiger charge is -2.10. The van der Waals surface area contributed by atoms with E-state index in [4.69, 9.17) is 17.3 Å². The van der Waals surface area contributed by atoms with Crippen molar-refractivity contribution in [3.8, 4) is 0 Å². The molecule has 0 unspecified atom stereocenters. The molecule has 0 aliphatic carbocycles. The third-order valence-corrected chi connectivity index (χ3v) is 4.18. The van der Waals surface area contributed by atoms with Crippen molar-refractivity contribution >= 4 is 23.4 Å². The Morgan fingerprint density at radius 3 is 2.50 bits per heavy atom. The van der Waals surface area contributed by atoms with Gasteiger partial charge in [0.25, 0.3) is 0 Å². The van der Waals surface area contributed by atoms with Crippen molar-refractivity contribution in [1.29, 1.82) is 0 Å². The highest BCUT2D eigenvalue weighted by Crippen LogP contribution is 2.34. The molecule has 18 heavy (non-hydrogen) atoms. The average molecular weight is 278 g/mol. The second-order valence-corrected chi connectivity index (χ2v) is 5.69. The first kappa shape index (κ1) is 13.5. The van der Waals surface area contributed by atoms with Crippen LogP contribution < -0.4 is 5.73 Å². The van der Waals surface area contributed by atoms with Gasteiger partial charge in [0.15, 0.2) is 0 Å². The van der Waals surface area contributed by atoms with Crippen molar-refractivity contribution in [2.45, 2.75) is 23.1 Å². The zero-order valence-electron chi connectivity index (χ0n) is 10.3. The van der Waals surface area contributed by atoms with Gasteiger partial charge in [0.2, 0.25) is 0 Å². The highest BCUT2D eigenvalue weighted by Gasteiger charge is 2.07. The first-order valence-corrected chi connectivity index (χ1v) is 7.12. The molecule has 0 aromatic heterocycles. The molecule has 94 valence electrons. The SMILES string of the molecule is Cc1ccc(Sc2cccc(Cl)c2CCN)cc1. The van der Waals surface area contributed by atoms with Crippen molar-refractivity contribution in [2.24, 2.45) is 5.73 Å². The fourth-order valence-corrected chi connectivity index (χ4v) is 3.09. The van der Waals surface area contributed by atoms with Gasteiger partial charge in [-0.2, -0.15) is 0 Å². The van der Waals surface area contributed by atoms with Gasteiger partial charge in [-0.1, -0.05) is 47.1 Å². The molecule has 0 spiro atoms. The molecule has 2 rings (SSSR count). The third kappa shape index (κ3) is 3.29. The number of rotatable bonds is 4. The van der Waals surface area contributed by atoms with Crippen molar-refractivity contribution < 1.29 is 0 Å². The Morgan fingerprint density at radius 1 is 1.11 bits per heavy atom. The summed E-state index contributed by atoms with van der Waals surface area (Å²) in [6, 6.07) is 14.5. The minimum absolute atomic E-state index is 0.616. The maximum Gasteiger partial charge on any atom is 0.0449 e. The van der Waals surface area contributed by atoms with Crippen LogP contribution >= 0.6 is 23.4 Å². The summed E-state index contributed by atoms with van der Waals surface area (Å²) in [5.41, 5.74) is 8.06. The van der Waals surface area contributed by atoms with Crippen LogP contribution in [0.5, 0.6) is 0 Å². The van der Waals surface area contributed by atoms with Gasteiger partial charge in [0, 0.05) is 14.8 Å². The fourth-order valence-electron chi connectivity index (χ4n) is 1.75. The van der Waals surface area contributed by atoms with Crippen LogP contribution in [-0.2, 0) is 6.42 Å². The standard InChI is InChI=1S/C15H16ClNS/c1-11-5-7-12(8-6-11)18-15-4-2-3-14(16)13(15)9-10-17/h2-8H,9-10,17H2,1H3. The predicted octanol–water partition coefficient (Wildman–Crippen LogP) is 4.30. The lowest BCUT2D eigenvalue weighted by atomic mass is 10.1. The lowest BCUT2D eigenvalue weighted by Crippen LogP contribution is -2.04. The van der Waals surface area contributed by atoms with Gasteiger partial charge in [0.05, 0.1) is 0 Å². The van der Waals surface area contributed by atoms with E-state index in [-0.39, 0.29) is 0 Å². The Bertz CT molecular complexity index is 523. The number of aryl methyl sites for hydroxylation is 1. The summed E-state index contributed by atoms with van der Waals surface area (Å²) in [6.45, 7) is 2.71. The van der Waals surface area contributed by atoms with Gasteiger partial charge >= 0.3 is 0 Å².